The van der Waals surface area contributed by atoms with E-state index in [1.807, 2.05) is 6.07 Å². The van der Waals surface area contributed by atoms with Crippen LogP contribution in [0.3, 0.4) is 0 Å². The van der Waals surface area contributed by atoms with Crippen molar-refractivity contribution in [2.45, 2.75) is 6.18 Å². The predicted octanol–water partition coefficient (Wildman–Crippen LogP) is 4.28. The normalized spacial score (nSPS) is 11.4. The number of rotatable bonds is 4. The van der Waals surface area contributed by atoms with Gasteiger partial charge in [0.05, 0.1) is 41.7 Å². The lowest BCUT2D eigenvalue weighted by Gasteiger charge is -2.14. The second-order valence-corrected chi connectivity index (χ2v) is 7.41. The van der Waals surface area contributed by atoms with Gasteiger partial charge in [-0.15, -0.1) is 4.80 Å². The van der Waals surface area contributed by atoms with Gasteiger partial charge in [0, 0.05) is 10.8 Å². The van der Waals surface area contributed by atoms with Crippen molar-refractivity contribution in [3.63, 3.8) is 0 Å². The Morgan fingerprint density at radius 2 is 1.72 bits per heavy atom. The van der Waals surface area contributed by atoms with E-state index in [0.29, 0.717) is 4.68 Å². The standard InChI is InChI=1S/C23H12F4N8O/c24-18-5-1-4-16-15(18)3-2-6-19(16)34-20(23(25,26)27)17(12-32-34)22(36)33-14-9-13(10-28)21(29-11-14)35-30-7-8-31-35/h1-9,11-12H,(H,33,36). The SMILES string of the molecule is N#Cc1cc(NC(=O)c2cnn(-c3cccc4c(F)cccc34)c2C(F)(F)F)cnc1-n1nccn1. The highest BCUT2D eigenvalue weighted by Crippen LogP contribution is 2.36. The van der Waals surface area contributed by atoms with Crippen LogP contribution in [-0.4, -0.2) is 35.7 Å². The molecule has 0 spiro atoms. The Morgan fingerprint density at radius 3 is 2.44 bits per heavy atom. The van der Waals surface area contributed by atoms with Crippen LogP contribution in [0.4, 0.5) is 23.2 Å². The first-order chi connectivity index (χ1) is 17.3. The molecule has 5 rings (SSSR count). The molecule has 0 aliphatic carbocycles. The number of aromatic nitrogens is 6. The lowest BCUT2D eigenvalue weighted by atomic mass is 10.1. The molecule has 5 aromatic rings. The zero-order chi connectivity index (χ0) is 25.4. The van der Waals surface area contributed by atoms with Crippen molar-refractivity contribution in [2.24, 2.45) is 0 Å². The molecule has 1 N–H and O–H groups in total. The molecule has 0 aliphatic heterocycles. The summed E-state index contributed by atoms with van der Waals surface area (Å²) in [6.45, 7) is 0. The van der Waals surface area contributed by atoms with Gasteiger partial charge in [-0.25, -0.2) is 14.1 Å². The van der Waals surface area contributed by atoms with Crippen molar-refractivity contribution in [3.8, 4) is 17.6 Å². The minimum atomic E-state index is -4.98. The van der Waals surface area contributed by atoms with Gasteiger partial charge in [-0.1, -0.05) is 24.3 Å². The second kappa shape index (κ2) is 8.58. The van der Waals surface area contributed by atoms with Gasteiger partial charge >= 0.3 is 6.18 Å². The highest BCUT2D eigenvalue weighted by Gasteiger charge is 2.41. The zero-order valence-electron chi connectivity index (χ0n) is 17.9. The topological polar surface area (TPSA) is 114 Å². The molecular weight excluding hydrogens is 480 g/mol. The molecule has 9 nitrogen and oxygen atoms in total. The van der Waals surface area contributed by atoms with E-state index in [-0.39, 0.29) is 33.5 Å². The fourth-order valence-corrected chi connectivity index (χ4v) is 3.70. The molecule has 0 radical (unpaired) electrons. The van der Waals surface area contributed by atoms with Crippen LogP contribution in [0.5, 0.6) is 0 Å². The number of carbonyl (C=O) groups is 1. The predicted molar refractivity (Wildman–Crippen MR) is 118 cm³/mol. The molecule has 0 saturated heterocycles. The first-order valence-electron chi connectivity index (χ1n) is 10.2. The smallest absolute Gasteiger partial charge is 0.320 e. The Labute approximate surface area is 199 Å². The van der Waals surface area contributed by atoms with Crippen molar-refractivity contribution in [1.29, 1.82) is 5.26 Å². The summed E-state index contributed by atoms with van der Waals surface area (Å²) in [6, 6.07) is 11.3. The van der Waals surface area contributed by atoms with E-state index in [2.05, 4.69) is 25.6 Å². The van der Waals surface area contributed by atoms with Gasteiger partial charge in [-0.2, -0.15) is 33.7 Å². The van der Waals surface area contributed by atoms with E-state index in [9.17, 15) is 27.6 Å². The number of hydrogen-bond acceptors (Lipinski definition) is 6. The number of nitrogens with one attached hydrogen (secondary N) is 1. The summed E-state index contributed by atoms with van der Waals surface area (Å²) >= 11 is 0. The Hall–Kier alpha value is -5.12. The van der Waals surface area contributed by atoms with E-state index < -0.39 is 29.2 Å². The molecule has 0 bridgehead atoms. The maximum Gasteiger partial charge on any atom is 0.434 e. The number of nitriles is 1. The number of fused-ring (bicyclic) bond motifs is 1. The maximum atomic E-state index is 14.2. The summed E-state index contributed by atoms with van der Waals surface area (Å²) in [4.78, 5) is 18.0. The molecule has 3 aromatic heterocycles. The van der Waals surface area contributed by atoms with Crippen LogP contribution in [0.1, 0.15) is 21.6 Å². The minimum absolute atomic E-state index is 0.0199. The fourth-order valence-electron chi connectivity index (χ4n) is 3.70. The molecule has 2 aromatic carbocycles. The lowest BCUT2D eigenvalue weighted by molar-refractivity contribution is -0.143. The van der Waals surface area contributed by atoms with Gasteiger partial charge in [-0.05, 0) is 18.2 Å². The largest absolute Gasteiger partial charge is 0.434 e. The van der Waals surface area contributed by atoms with E-state index in [1.54, 1.807) is 0 Å². The number of amides is 1. The van der Waals surface area contributed by atoms with E-state index in [1.165, 1.54) is 54.9 Å². The van der Waals surface area contributed by atoms with E-state index in [0.717, 1.165) is 17.2 Å². The average molecular weight is 492 g/mol. The van der Waals surface area contributed by atoms with Crippen molar-refractivity contribution in [2.75, 3.05) is 5.32 Å². The van der Waals surface area contributed by atoms with Crippen LogP contribution in [0.2, 0.25) is 0 Å². The highest BCUT2D eigenvalue weighted by atomic mass is 19.4. The molecule has 0 atom stereocenters. The maximum absolute atomic E-state index is 14.2. The summed E-state index contributed by atoms with van der Waals surface area (Å²) in [7, 11) is 0. The molecule has 0 aliphatic rings. The van der Waals surface area contributed by atoms with Crippen LogP contribution in [0, 0.1) is 17.1 Å². The Morgan fingerprint density at radius 1 is 1.00 bits per heavy atom. The zero-order valence-corrected chi connectivity index (χ0v) is 17.9. The molecule has 178 valence electrons. The van der Waals surface area contributed by atoms with Crippen LogP contribution in [-0.2, 0) is 6.18 Å². The summed E-state index contributed by atoms with van der Waals surface area (Å²) in [5, 5.41) is 23.6. The summed E-state index contributed by atoms with van der Waals surface area (Å²) in [5.41, 5.74) is -2.22. The first kappa shape index (κ1) is 22.7. The average Bonchev–Trinajstić information content (AvgIpc) is 3.54. The third-order valence-corrected chi connectivity index (χ3v) is 5.21. The fraction of sp³-hybridized carbons (Fsp3) is 0.0435. The Balaban J connectivity index is 1.55. The van der Waals surface area contributed by atoms with Crippen molar-refractivity contribution < 1.29 is 22.4 Å². The van der Waals surface area contributed by atoms with Gasteiger partial charge in [0.15, 0.2) is 11.5 Å². The van der Waals surface area contributed by atoms with Crippen molar-refractivity contribution in [3.05, 3.63) is 89.9 Å². The van der Waals surface area contributed by atoms with Crippen LogP contribution in [0.15, 0.2) is 67.3 Å². The number of benzene rings is 2. The third kappa shape index (κ3) is 3.90. The number of anilines is 1. The van der Waals surface area contributed by atoms with E-state index >= 15 is 0 Å². The highest BCUT2D eigenvalue weighted by molar-refractivity contribution is 6.05. The molecular formula is C23H12F4N8O. The van der Waals surface area contributed by atoms with Crippen LogP contribution >= 0.6 is 0 Å². The van der Waals surface area contributed by atoms with Gasteiger partial charge in [0.1, 0.15) is 17.4 Å². The second-order valence-electron chi connectivity index (χ2n) is 7.41. The van der Waals surface area contributed by atoms with Crippen LogP contribution < -0.4 is 5.32 Å². The molecule has 13 heteroatoms. The van der Waals surface area contributed by atoms with Crippen molar-refractivity contribution in [1.82, 2.24) is 29.8 Å². The molecule has 0 unspecified atom stereocenters. The molecule has 3 heterocycles. The first-order valence-corrected chi connectivity index (χ1v) is 10.2. The molecule has 0 saturated carbocycles. The van der Waals surface area contributed by atoms with Crippen molar-refractivity contribution >= 4 is 22.4 Å². The number of pyridine rings is 1. The number of halogens is 4. The molecule has 36 heavy (non-hydrogen) atoms. The van der Waals surface area contributed by atoms with E-state index in [4.69, 9.17) is 0 Å². The third-order valence-electron chi connectivity index (χ3n) is 5.21. The summed E-state index contributed by atoms with van der Waals surface area (Å²) in [6.07, 6.45) is -0.303. The number of alkyl halides is 3. The quantitative estimate of drug-likeness (QED) is 0.375. The Bertz CT molecular complexity index is 1650. The monoisotopic (exact) mass is 492 g/mol. The number of hydrogen-bond donors (Lipinski definition) is 1. The number of carbonyl (C=O) groups excluding carboxylic acids is 1. The van der Waals surface area contributed by atoms with Gasteiger partial charge in [0.2, 0.25) is 0 Å². The minimum Gasteiger partial charge on any atom is -0.320 e. The van der Waals surface area contributed by atoms with Gasteiger partial charge in [0.25, 0.3) is 5.91 Å². The van der Waals surface area contributed by atoms with Gasteiger partial charge in [-0.3, -0.25) is 4.79 Å². The van der Waals surface area contributed by atoms with Gasteiger partial charge < -0.3 is 5.32 Å². The molecule has 0 fully saturated rings. The molecule has 1 amide bonds. The Kier molecular flexibility index (Phi) is 5.40. The summed E-state index contributed by atoms with van der Waals surface area (Å²) < 4.78 is 57.2. The van der Waals surface area contributed by atoms with Crippen LogP contribution in [0.25, 0.3) is 22.3 Å². The number of nitrogens with zero attached hydrogens (tertiary/aromatic N) is 7. The lowest BCUT2D eigenvalue weighted by Crippen LogP contribution is -2.21. The summed E-state index contributed by atoms with van der Waals surface area (Å²) in [5.74, 6) is -1.66.